The standard InChI is InChI=1S/C20H27ClN2O2/c1-3-5-6-11-22-13-16-7-9-18(19(12-16)24-4-2)25-15-17-8-10-20(21)23-14-17/h7-10,12,14,22H,3-6,11,13,15H2,1-2H3. The topological polar surface area (TPSA) is 43.4 Å². The van der Waals surface area contributed by atoms with Gasteiger partial charge >= 0.3 is 0 Å². The Kier molecular flexibility index (Phi) is 8.56. The summed E-state index contributed by atoms with van der Waals surface area (Å²) >= 11 is 5.80. The van der Waals surface area contributed by atoms with Gasteiger partial charge < -0.3 is 14.8 Å². The molecular weight excluding hydrogens is 336 g/mol. The Morgan fingerprint density at radius 2 is 1.84 bits per heavy atom. The van der Waals surface area contributed by atoms with E-state index >= 15 is 0 Å². The first-order valence-corrected chi connectivity index (χ1v) is 9.30. The molecule has 0 aliphatic heterocycles. The number of benzene rings is 1. The quantitative estimate of drug-likeness (QED) is 0.451. The highest BCUT2D eigenvalue weighted by atomic mass is 35.5. The van der Waals surface area contributed by atoms with E-state index in [2.05, 4.69) is 23.3 Å². The van der Waals surface area contributed by atoms with Crippen molar-refractivity contribution >= 4 is 11.6 Å². The summed E-state index contributed by atoms with van der Waals surface area (Å²) in [7, 11) is 0. The van der Waals surface area contributed by atoms with Crippen molar-refractivity contribution in [3.05, 3.63) is 52.8 Å². The number of nitrogens with zero attached hydrogens (tertiary/aromatic N) is 1. The molecule has 0 aliphatic rings. The molecule has 0 bridgehead atoms. The molecule has 0 saturated carbocycles. The van der Waals surface area contributed by atoms with Gasteiger partial charge in [-0.25, -0.2) is 4.98 Å². The van der Waals surface area contributed by atoms with E-state index < -0.39 is 0 Å². The summed E-state index contributed by atoms with van der Waals surface area (Å²) in [5.74, 6) is 1.52. The second kappa shape index (κ2) is 11.0. The molecule has 4 nitrogen and oxygen atoms in total. The van der Waals surface area contributed by atoms with Crippen LogP contribution in [-0.2, 0) is 13.2 Å². The maximum absolute atomic E-state index is 5.90. The van der Waals surface area contributed by atoms with Crippen molar-refractivity contribution in [3.8, 4) is 11.5 Å². The molecule has 0 amide bonds. The van der Waals surface area contributed by atoms with Crippen molar-refractivity contribution in [1.82, 2.24) is 10.3 Å². The molecule has 2 rings (SSSR count). The van der Waals surface area contributed by atoms with Crippen LogP contribution in [0.15, 0.2) is 36.5 Å². The lowest BCUT2D eigenvalue weighted by atomic mass is 10.2. The molecule has 5 heteroatoms. The van der Waals surface area contributed by atoms with Crippen LogP contribution in [-0.4, -0.2) is 18.1 Å². The average molecular weight is 363 g/mol. The predicted octanol–water partition coefficient (Wildman–Crippen LogP) is 4.99. The van der Waals surface area contributed by atoms with Gasteiger partial charge in [-0.1, -0.05) is 43.5 Å². The SMILES string of the molecule is CCCCCNCc1ccc(OCc2ccc(Cl)nc2)c(OCC)c1. The number of halogens is 1. The summed E-state index contributed by atoms with van der Waals surface area (Å²) in [6, 6.07) is 9.76. The Balaban J connectivity index is 1.93. The summed E-state index contributed by atoms with van der Waals surface area (Å²) in [4.78, 5) is 4.07. The number of hydrogen-bond donors (Lipinski definition) is 1. The number of aromatic nitrogens is 1. The highest BCUT2D eigenvalue weighted by Crippen LogP contribution is 2.29. The normalized spacial score (nSPS) is 10.7. The van der Waals surface area contributed by atoms with Gasteiger partial charge in [-0.05, 0) is 43.7 Å². The van der Waals surface area contributed by atoms with E-state index in [0.717, 1.165) is 30.2 Å². The fourth-order valence-electron chi connectivity index (χ4n) is 2.44. The second-order valence-electron chi connectivity index (χ2n) is 5.88. The van der Waals surface area contributed by atoms with Gasteiger partial charge in [0, 0.05) is 18.3 Å². The zero-order valence-electron chi connectivity index (χ0n) is 15.1. The summed E-state index contributed by atoms with van der Waals surface area (Å²) in [6.07, 6.45) is 5.44. The molecule has 0 saturated heterocycles. The van der Waals surface area contributed by atoms with E-state index in [-0.39, 0.29) is 0 Å². The number of unbranched alkanes of at least 4 members (excludes halogenated alkanes) is 2. The van der Waals surface area contributed by atoms with Crippen LogP contribution in [0, 0.1) is 0 Å². The second-order valence-corrected chi connectivity index (χ2v) is 6.26. The molecule has 1 aromatic carbocycles. The van der Waals surface area contributed by atoms with Crippen molar-refractivity contribution in [2.75, 3.05) is 13.2 Å². The maximum atomic E-state index is 5.90. The van der Waals surface area contributed by atoms with Gasteiger partial charge in [0.1, 0.15) is 11.8 Å². The lowest BCUT2D eigenvalue weighted by Crippen LogP contribution is -2.14. The third-order valence-electron chi connectivity index (χ3n) is 3.78. The highest BCUT2D eigenvalue weighted by molar-refractivity contribution is 6.29. The molecule has 1 N–H and O–H groups in total. The molecule has 0 atom stereocenters. The highest BCUT2D eigenvalue weighted by Gasteiger charge is 2.07. The Hall–Kier alpha value is -1.78. The minimum absolute atomic E-state index is 0.429. The van der Waals surface area contributed by atoms with E-state index in [4.69, 9.17) is 21.1 Å². The molecule has 0 fully saturated rings. The first-order valence-electron chi connectivity index (χ1n) is 8.92. The van der Waals surface area contributed by atoms with E-state index in [1.54, 1.807) is 12.3 Å². The third-order valence-corrected chi connectivity index (χ3v) is 4.00. The number of pyridine rings is 1. The van der Waals surface area contributed by atoms with Gasteiger partial charge in [-0.3, -0.25) is 0 Å². The van der Waals surface area contributed by atoms with Gasteiger partial charge in [0.05, 0.1) is 6.61 Å². The molecule has 0 radical (unpaired) electrons. The number of nitrogens with one attached hydrogen (secondary N) is 1. The van der Waals surface area contributed by atoms with Gasteiger partial charge in [-0.2, -0.15) is 0 Å². The first-order chi connectivity index (χ1) is 12.2. The Morgan fingerprint density at radius 1 is 1.00 bits per heavy atom. The molecular formula is C20H27ClN2O2. The zero-order chi connectivity index (χ0) is 17.9. The van der Waals surface area contributed by atoms with E-state index in [0.29, 0.717) is 18.4 Å². The fourth-order valence-corrected chi connectivity index (χ4v) is 2.55. The molecule has 0 unspecified atom stereocenters. The minimum atomic E-state index is 0.429. The van der Waals surface area contributed by atoms with Crippen LogP contribution in [0.1, 0.15) is 44.2 Å². The van der Waals surface area contributed by atoms with Gasteiger partial charge in [0.15, 0.2) is 11.5 Å². The average Bonchev–Trinajstić information content (AvgIpc) is 2.62. The minimum Gasteiger partial charge on any atom is -0.490 e. The Morgan fingerprint density at radius 3 is 2.56 bits per heavy atom. The molecule has 0 aliphatic carbocycles. The Labute approximate surface area is 155 Å². The summed E-state index contributed by atoms with van der Waals surface area (Å²) in [6.45, 7) is 7.10. The van der Waals surface area contributed by atoms with Crippen LogP contribution >= 0.6 is 11.6 Å². The van der Waals surface area contributed by atoms with Crippen LogP contribution in [0.5, 0.6) is 11.5 Å². The van der Waals surface area contributed by atoms with Gasteiger partial charge in [0.2, 0.25) is 0 Å². The molecule has 1 aromatic heterocycles. The molecule has 2 aromatic rings. The van der Waals surface area contributed by atoms with Crippen molar-refractivity contribution < 1.29 is 9.47 Å². The summed E-state index contributed by atoms with van der Waals surface area (Å²) in [5.41, 5.74) is 2.16. The van der Waals surface area contributed by atoms with Gasteiger partial charge in [0.25, 0.3) is 0 Å². The first kappa shape index (κ1) is 19.5. The van der Waals surface area contributed by atoms with Crippen molar-refractivity contribution in [3.63, 3.8) is 0 Å². The maximum Gasteiger partial charge on any atom is 0.161 e. The number of rotatable bonds is 11. The number of hydrogen-bond acceptors (Lipinski definition) is 4. The predicted molar refractivity (Wildman–Crippen MR) is 102 cm³/mol. The lowest BCUT2D eigenvalue weighted by molar-refractivity contribution is 0.269. The van der Waals surface area contributed by atoms with E-state index in [1.807, 2.05) is 25.1 Å². The van der Waals surface area contributed by atoms with Crippen LogP contribution in [0.3, 0.4) is 0 Å². The monoisotopic (exact) mass is 362 g/mol. The van der Waals surface area contributed by atoms with E-state index in [1.165, 1.54) is 24.8 Å². The molecule has 1 heterocycles. The largest absolute Gasteiger partial charge is 0.490 e. The van der Waals surface area contributed by atoms with Crippen LogP contribution in [0.25, 0.3) is 0 Å². The van der Waals surface area contributed by atoms with Gasteiger partial charge in [-0.15, -0.1) is 0 Å². The van der Waals surface area contributed by atoms with Crippen molar-refractivity contribution in [2.45, 2.75) is 46.3 Å². The molecule has 25 heavy (non-hydrogen) atoms. The molecule has 136 valence electrons. The van der Waals surface area contributed by atoms with Crippen molar-refractivity contribution in [1.29, 1.82) is 0 Å². The summed E-state index contributed by atoms with van der Waals surface area (Å²) in [5, 5.41) is 3.95. The fraction of sp³-hybridized carbons (Fsp3) is 0.450. The van der Waals surface area contributed by atoms with E-state index in [9.17, 15) is 0 Å². The lowest BCUT2D eigenvalue weighted by Gasteiger charge is -2.14. The van der Waals surface area contributed by atoms with Crippen LogP contribution in [0.2, 0.25) is 5.15 Å². The number of ether oxygens (including phenoxy) is 2. The zero-order valence-corrected chi connectivity index (χ0v) is 15.8. The van der Waals surface area contributed by atoms with Crippen LogP contribution < -0.4 is 14.8 Å². The smallest absolute Gasteiger partial charge is 0.161 e. The summed E-state index contributed by atoms with van der Waals surface area (Å²) < 4.78 is 11.6. The molecule has 0 spiro atoms. The van der Waals surface area contributed by atoms with Crippen LogP contribution in [0.4, 0.5) is 0 Å². The third kappa shape index (κ3) is 6.92. The Bertz CT molecular complexity index is 632. The van der Waals surface area contributed by atoms with Crippen molar-refractivity contribution in [2.24, 2.45) is 0 Å².